The third kappa shape index (κ3) is 2.15. The molecule has 3 nitrogen and oxygen atoms in total. The second kappa shape index (κ2) is 4.13. The van der Waals surface area contributed by atoms with Crippen LogP contribution in [0.25, 0.3) is 0 Å². The highest BCUT2D eigenvalue weighted by Crippen LogP contribution is 2.35. The molecule has 2 fully saturated rings. The lowest BCUT2D eigenvalue weighted by molar-refractivity contribution is -0.139. The molecule has 2 aliphatic rings. The lowest BCUT2D eigenvalue weighted by Crippen LogP contribution is -2.19. The fourth-order valence-corrected chi connectivity index (χ4v) is 2.23. The van der Waals surface area contributed by atoms with Gasteiger partial charge in [-0.1, -0.05) is 11.6 Å². The van der Waals surface area contributed by atoms with Gasteiger partial charge in [-0.15, -0.1) is 0 Å². The van der Waals surface area contributed by atoms with Crippen molar-refractivity contribution >= 4 is 5.97 Å². The third-order valence-corrected chi connectivity index (χ3v) is 2.96. The van der Waals surface area contributed by atoms with Gasteiger partial charge in [0.2, 0.25) is 0 Å². The molecule has 78 valence electrons. The van der Waals surface area contributed by atoms with Crippen LogP contribution in [0.15, 0.2) is 11.6 Å². The van der Waals surface area contributed by atoms with Crippen molar-refractivity contribution in [1.29, 1.82) is 0 Å². The van der Waals surface area contributed by atoms with Crippen LogP contribution in [0.5, 0.6) is 0 Å². The van der Waals surface area contributed by atoms with Crippen molar-refractivity contribution in [3.8, 4) is 0 Å². The van der Waals surface area contributed by atoms with Gasteiger partial charge in [0.05, 0.1) is 25.7 Å². The Morgan fingerprint density at radius 2 is 2.14 bits per heavy atom. The van der Waals surface area contributed by atoms with Crippen LogP contribution >= 0.6 is 0 Å². The van der Waals surface area contributed by atoms with Crippen molar-refractivity contribution in [1.82, 2.24) is 0 Å². The van der Waals surface area contributed by atoms with Gasteiger partial charge in [0, 0.05) is 0 Å². The number of fused-ring (bicyclic) bond motifs is 2. The molecule has 2 aliphatic heterocycles. The van der Waals surface area contributed by atoms with E-state index in [0.29, 0.717) is 18.6 Å². The maximum absolute atomic E-state index is 10.9. The van der Waals surface area contributed by atoms with Crippen LogP contribution in [0.2, 0.25) is 0 Å². The molecule has 2 unspecified atom stereocenters. The molecule has 2 atom stereocenters. The van der Waals surface area contributed by atoms with E-state index in [2.05, 4.69) is 4.74 Å². The predicted molar refractivity (Wildman–Crippen MR) is 51.8 cm³/mol. The van der Waals surface area contributed by atoms with Gasteiger partial charge in [0.15, 0.2) is 0 Å². The summed E-state index contributed by atoms with van der Waals surface area (Å²) in [6, 6.07) is 0. The van der Waals surface area contributed by atoms with Gasteiger partial charge in [-0.2, -0.15) is 0 Å². The van der Waals surface area contributed by atoms with Crippen LogP contribution in [0.4, 0.5) is 0 Å². The number of methoxy groups -OCH3 is 1. The molecule has 0 amide bonds. The molecule has 14 heavy (non-hydrogen) atoms. The Hall–Kier alpha value is -0.830. The molecule has 0 aliphatic carbocycles. The summed E-state index contributed by atoms with van der Waals surface area (Å²) in [5, 5.41) is 0. The van der Waals surface area contributed by atoms with Crippen LogP contribution in [-0.4, -0.2) is 25.3 Å². The molecule has 0 aromatic rings. The fraction of sp³-hybridized carbons (Fsp3) is 0.727. The average molecular weight is 196 g/mol. The number of esters is 1. The van der Waals surface area contributed by atoms with E-state index in [0.717, 1.165) is 12.8 Å². The van der Waals surface area contributed by atoms with Gasteiger partial charge in [-0.05, 0) is 25.7 Å². The Morgan fingerprint density at radius 1 is 1.50 bits per heavy atom. The zero-order valence-corrected chi connectivity index (χ0v) is 8.49. The molecule has 0 spiro atoms. The number of carbonyl (C=O) groups excluding carboxylic acids is 1. The molecule has 3 heteroatoms. The van der Waals surface area contributed by atoms with Gasteiger partial charge >= 0.3 is 5.97 Å². The first-order valence-corrected chi connectivity index (χ1v) is 5.18. The van der Waals surface area contributed by atoms with Crippen molar-refractivity contribution in [3.05, 3.63) is 11.6 Å². The number of carbonyl (C=O) groups is 1. The Labute approximate surface area is 84.1 Å². The summed E-state index contributed by atoms with van der Waals surface area (Å²) in [5.41, 5.74) is 1.37. The quantitative estimate of drug-likeness (QED) is 0.499. The largest absolute Gasteiger partial charge is 0.469 e. The first-order chi connectivity index (χ1) is 6.78. The van der Waals surface area contributed by atoms with Crippen molar-refractivity contribution in [2.24, 2.45) is 0 Å². The number of hydrogen-bond acceptors (Lipinski definition) is 3. The fourth-order valence-electron chi connectivity index (χ4n) is 2.23. The Balaban J connectivity index is 1.89. The Kier molecular flexibility index (Phi) is 2.87. The molecule has 0 aromatic carbocycles. The highest BCUT2D eigenvalue weighted by Gasteiger charge is 2.31. The van der Waals surface area contributed by atoms with Gasteiger partial charge in [0.1, 0.15) is 0 Å². The zero-order chi connectivity index (χ0) is 9.97. The summed E-state index contributed by atoms with van der Waals surface area (Å²) in [6.45, 7) is 0. The number of hydrogen-bond donors (Lipinski definition) is 0. The molecule has 0 N–H and O–H groups in total. The van der Waals surface area contributed by atoms with E-state index >= 15 is 0 Å². The minimum Gasteiger partial charge on any atom is -0.469 e. The van der Waals surface area contributed by atoms with Crippen LogP contribution in [0.3, 0.4) is 0 Å². The maximum atomic E-state index is 10.9. The maximum Gasteiger partial charge on any atom is 0.309 e. The highest BCUT2D eigenvalue weighted by atomic mass is 16.5. The third-order valence-electron chi connectivity index (χ3n) is 2.96. The number of rotatable bonds is 2. The van der Waals surface area contributed by atoms with Crippen molar-refractivity contribution in [2.75, 3.05) is 7.11 Å². The molecular formula is C11H16O3. The average Bonchev–Trinajstić information content (AvgIpc) is 2.54. The summed E-state index contributed by atoms with van der Waals surface area (Å²) in [6.07, 6.45) is 7.63. The van der Waals surface area contributed by atoms with Crippen LogP contribution in [0, 0.1) is 0 Å². The molecule has 0 aromatic heterocycles. The van der Waals surface area contributed by atoms with Crippen LogP contribution in [-0.2, 0) is 14.3 Å². The van der Waals surface area contributed by atoms with Crippen molar-refractivity contribution in [2.45, 2.75) is 44.3 Å². The summed E-state index contributed by atoms with van der Waals surface area (Å²) in [5.74, 6) is -0.156. The Bertz CT molecular complexity index is 243. The van der Waals surface area contributed by atoms with Crippen molar-refractivity contribution in [3.63, 3.8) is 0 Å². The van der Waals surface area contributed by atoms with E-state index in [-0.39, 0.29) is 5.97 Å². The van der Waals surface area contributed by atoms with Gasteiger partial charge in [-0.25, -0.2) is 0 Å². The van der Waals surface area contributed by atoms with Gasteiger partial charge < -0.3 is 9.47 Å². The second-order valence-electron chi connectivity index (χ2n) is 4.01. The van der Waals surface area contributed by atoms with E-state index in [4.69, 9.17) is 4.74 Å². The van der Waals surface area contributed by atoms with E-state index < -0.39 is 0 Å². The summed E-state index contributed by atoms with van der Waals surface area (Å²) < 4.78 is 10.3. The van der Waals surface area contributed by atoms with Crippen molar-refractivity contribution < 1.29 is 14.3 Å². The minimum absolute atomic E-state index is 0.156. The zero-order valence-electron chi connectivity index (χ0n) is 8.49. The normalized spacial score (nSPS) is 30.2. The van der Waals surface area contributed by atoms with Gasteiger partial charge in [-0.3, -0.25) is 4.79 Å². The smallest absolute Gasteiger partial charge is 0.309 e. The highest BCUT2D eigenvalue weighted by molar-refractivity contribution is 5.71. The first kappa shape index (κ1) is 9.71. The second-order valence-corrected chi connectivity index (χ2v) is 4.01. The van der Waals surface area contributed by atoms with E-state index in [1.54, 1.807) is 0 Å². The molecule has 0 saturated carbocycles. The van der Waals surface area contributed by atoms with E-state index in [1.165, 1.54) is 25.5 Å². The monoisotopic (exact) mass is 196 g/mol. The first-order valence-electron chi connectivity index (χ1n) is 5.18. The molecular weight excluding hydrogens is 180 g/mol. The molecule has 0 radical (unpaired) electrons. The lowest BCUT2D eigenvalue weighted by atomic mass is 10.0. The predicted octanol–water partition coefficient (Wildman–Crippen LogP) is 1.82. The van der Waals surface area contributed by atoms with Crippen LogP contribution in [0.1, 0.15) is 32.1 Å². The summed E-state index contributed by atoms with van der Waals surface area (Å²) in [7, 11) is 1.43. The number of ether oxygens (including phenoxy) is 2. The standard InChI is InChI=1S/C11H16O3/c1-13-11(12)5-2-8-6-9-3-4-10(7-8)14-9/h2,9-10H,3-7H2,1H3. The Morgan fingerprint density at radius 3 is 2.71 bits per heavy atom. The van der Waals surface area contributed by atoms with E-state index in [9.17, 15) is 4.79 Å². The topological polar surface area (TPSA) is 35.5 Å². The SMILES string of the molecule is COC(=O)CC=C1CC2CCC(C1)O2. The molecule has 2 saturated heterocycles. The molecule has 2 rings (SSSR count). The minimum atomic E-state index is -0.156. The van der Waals surface area contributed by atoms with Crippen LogP contribution < -0.4 is 0 Å². The summed E-state index contributed by atoms with van der Waals surface area (Å²) in [4.78, 5) is 10.9. The molecule has 2 heterocycles. The molecule has 2 bridgehead atoms. The van der Waals surface area contributed by atoms with Gasteiger partial charge in [0.25, 0.3) is 0 Å². The summed E-state index contributed by atoms with van der Waals surface area (Å²) >= 11 is 0. The van der Waals surface area contributed by atoms with E-state index in [1.807, 2.05) is 6.08 Å². The lowest BCUT2D eigenvalue weighted by Gasteiger charge is -2.22.